The number of halogens is 1. The van der Waals surface area contributed by atoms with Gasteiger partial charge in [0.2, 0.25) is 0 Å². The van der Waals surface area contributed by atoms with Crippen LogP contribution in [0.4, 0.5) is 4.39 Å². The average Bonchev–Trinajstić information content (AvgIpc) is 2.77. The molecule has 0 aromatic heterocycles. The van der Waals surface area contributed by atoms with Gasteiger partial charge < -0.3 is 15.3 Å². The Morgan fingerprint density at radius 2 is 2.22 bits per heavy atom. The fourth-order valence-electron chi connectivity index (χ4n) is 2.21. The Morgan fingerprint density at radius 3 is 2.83 bits per heavy atom. The number of nitrogens with zero attached hydrogens (tertiary/aromatic N) is 1. The van der Waals surface area contributed by atoms with Crippen LogP contribution in [0, 0.1) is 12.7 Å². The second-order valence-electron chi connectivity index (χ2n) is 4.67. The molecule has 5 heteroatoms. The fraction of sp³-hybridized carbons (Fsp3) is 0.462. The van der Waals surface area contributed by atoms with Crippen LogP contribution >= 0.6 is 0 Å². The van der Waals surface area contributed by atoms with Crippen LogP contribution in [0.15, 0.2) is 18.2 Å². The predicted octanol–water partition coefficient (Wildman–Crippen LogP) is 0.539. The number of hydrogen-bond acceptors (Lipinski definition) is 3. The van der Waals surface area contributed by atoms with E-state index in [0.717, 1.165) is 5.56 Å². The molecule has 1 saturated heterocycles. The third-order valence-electron chi connectivity index (χ3n) is 3.40. The minimum atomic E-state index is -0.576. The van der Waals surface area contributed by atoms with Crippen molar-refractivity contribution in [3.05, 3.63) is 35.1 Å². The van der Waals surface area contributed by atoms with Crippen molar-refractivity contribution in [3.8, 4) is 0 Å². The van der Waals surface area contributed by atoms with Crippen LogP contribution in [0.25, 0.3) is 0 Å². The van der Waals surface area contributed by atoms with Crippen LogP contribution in [-0.2, 0) is 0 Å². The second-order valence-corrected chi connectivity index (χ2v) is 4.67. The van der Waals surface area contributed by atoms with Crippen LogP contribution in [0.2, 0.25) is 0 Å². The number of aryl methyl sites for hydroxylation is 1. The Balaban J connectivity index is 2.22. The van der Waals surface area contributed by atoms with Crippen LogP contribution in [0.3, 0.4) is 0 Å². The Hall–Kier alpha value is -1.46. The molecule has 2 atom stereocenters. The zero-order valence-corrected chi connectivity index (χ0v) is 10.5. The quantitative estimate of drug-likeness (QED) is 0.807. The number of nitrogens with one attached hydrogen (secondary N) is 1. The number of likely N-dealkylation sites (N-methyl/N-ethyl adjacent to an activating group) is 1. The molecule has 1 heterocycles. The lowest BCUT2D eigenvalue weighted by molar-refractivity contribution is 0.0580. The normalized spacial score (nSPS) is 23.1. The molecular weight excluding hydrogens is 235 g/mol. The first-order valence-electron chi connectivity index (χ1n) is 5.93. The summed E-state index contributed by atoms with van der Waals surface area (Å²) in [6.07, 6.45) is -0.576. The molecule has 0 bridgehead atoms. The zero-order valence-electron chi connectivity index (χ0n) is 10.5. The molecule has 1 aromatic carbocycles. The van der Waals surface area contributed by atoms with Gasteiger partial charge in [0, 0.05) is 25.7 Å². The zero-order chi connectivity index (χ0) is 13.3. The summed E-state index contributed by atoms with van der Waals surface area (Å²) in [5.41, 5.74) is 1.07. The summed E-state index contributed by atoms with van der Waals surface area (Å²) in [6, 6.07) is 3.89. The number of aliphatic hydroxyl groups excluding tert-OH is 1. The molecule has 2 N–H and O–H groups in total. The van der Waals surface area contributed by atoms with E-state index in [0.29, 0.717) is 18.7 Å². The molecule has 0 radical (unpaired) electrons. The number of carbonyl (C=O) groups is 1. The van der Waals surface area contributed by atoms with E-state index in [-0.39, 0.29) is 11.9 Å². The van der Waals surface area contributed by atoms with Crippen molar-refractivity contribution in [2.24, 2.45) is 0 Å². The lowest BCUT2D eigenvalue weighted by atomic mass is 10.1. The Bertz CT molecular complexity index is 464. The maximum Gasteiger partial charge on any atom is 0.254 e. The molecule has 98 valence electrons. The van der Waals surface area contributed by atoms with Crippen LogP contribution in [-0.4, -0.2) is 48.2 Å². The largest absolute Gasteiger partial charge is 0.390 e. The van der Waals surface area contributed by atoms with E-state index in [1.807, 2.05) is 0 Å². The smallest absolute Gasteiger partial charge is 0.254 e. The Labute approximate surface area is 105 Å². The molecule has 0 unspecified atom stereocenters. The van der Waals surface area contributed by atoms with Crippen LogP contribution in [0.1, 0.15) is 15.9 Å². The van der Waals surface area contributed by atoms with Gasteiger partial charge in [0.05, 0.1) is 12.1 Å². The van der Waals surface area contributed by atoms with E-state index in [1.54, 1.807) is 20.0 Å². The summed E-state index contributed by atoms with van der Waals surface area (Å²) >= 11 is 0. The maximum atomic E-state index is 13.2. The topological polar surface area (TPSA) is 52.6 Å². The van der Waals surface area contributed by atoms with E-state index in [9.17, 15) is 14.3 Å². The molecule has 1 amide bonds. The van der Waals surface area contributed by atoms with Gasteiger partial charge in [-0.3, -0.25) is 4.79 Å². The van der Waals surface area contributed by atoms with Crippen molar-refractivity contribution in [2.45, 2.75) is 19.1 Å². The monoisotopic (exact) mass is 252 g/mol. The van der Waals surface area contributed by atoms with Gasteiger partial charge in [-0.15, -0.1) is 0 Å². The van der Waals surface area contributed by atoms with Gasteiger partial charge in [0.25, 0.3) is 5.91 Å². The molecule has 1 aliphatic heterocycles. The summed E-state index contributed by atoms with van der Waals surface area (Å²) in [7, 11) is 1.63. The van der Waals surface area contributed by atoms with Gasteiger partial charge in [-0.25, -0.2) is 4.39 Å². The van der Waals surface area contributed by atoms with Gasteiger partial charge in [-0.05, 0) is 24.6 Å². The molecule has 4 nitrogen and oxygen atoms in total. The molecule has 1 aromatic rings. The van der Waals surface area contributed by atoms with Gasteiger partial charge in [-0.2, -0.15) is 0 Å². The van der Waals surface area contributed by atoms with Crippen molar-refractivity contribution in [3.63, 3.8) is 0 Å². The van der Waals surface area contributed by atoms with E-state index in [4.69, 9.17) is 0 Å². The second kappa shape index (κ2) is 5.04. The van der Waals surface area contributed by atoms with E-state index in [1.165, 1.54) is 17.0 Å². The SMILES string of the molecule is Cc1ccc(F)cc1C(=O)N(C)[C@@H]1CNC[C@H]1O. The number of benzene rings is 1. The van der Waals surface area contributed by atoms with Gasteiger partial charge in [0.1, 0.15) is 5.82 Å². The van der Waals surface area contributed by atoms with Crippen molar-refractivity contribution < 1.29 is 14.3 Å². The first-order valence-corrected chi connectivity index (χ1v) is 5.93. The minimum absolute atomic E-state index is 0.264. The van der Waals surface area contributed by atoms with Crippen LogP contribution < -0.4 is 5.32 Å². The standard InChI is InChI=1S/C13H17FN2O2/c1-8-3-4-9(14)5-10(8)13(18)16(2)11-6-15-7-12(11)17/h3-5,11-12,15,17H,6-7H2,1-2H3/t11-,12-/m1/s1. The van der Waals surface area contributed by atoms with E-state index >= 15 is 0 Å². The van der Waals surface area contributed by atoms with Gasteiger partial charge in [0.15, 0.2) is 0 Å². The molecule has 1 aliphatic rings. The number of carbonyl (C=O) groups excluding carboxylic acids is 1. The average molecular weight is 252 g/mol. The highest BCUT2D eigenvalue weighted by atomic mass is 19.1. The third kappa shape index (κ3) is 2.37. The highest BCUT2D eigenvalue weighted by Crippen LogP contribution is 2.16. The lowest BCUT2D eigenvalue weighted by Crippen LogP contribution is -2.44. The summed E-state index contributed by atoms with van der Waals surface area (Å²) in [4.78, 5) is 13.7. The highest BCUT2D eigenvalue weighted by molar-refractivity contribution is 5.95. The molecule has 1 fully saturated rings. The fourth-order valence-corrected chi connectivity index (χ4v) is 2.21. The summed E-state index contributed by atoms with van der Waals surface area (Å²) in [5.74, 6) is -0.692. The minimum Gasteiger partial charge on any atom is -0.390 e. The van der Waals surface area contributed by atoms with E-state index < -0.39 is 11.9 Å². The molecule has 0 spiro atoms. The molecular formula is C13H17FN2O2. The molecule has 0 aliphatic carbocycles. The summed E-state index contributed by atoms with van der Waals surface area (Å²) in [6.45, 7) is 2.80. The maximum absolute atomic E-state index is 13.2. The van der Waals surface area contributed by atoms with E-state index in [2.05, 4.69) is 5.32 Å². The molecule has 0 saturated carbocycles. The van der Waals surface area contributed by atoms with Crippen molar-refractivity contribution in [1.82, 2.24) is 10.2 Å². The predicted molar refractivity (Wildman–Crippen MR) is 65.9 cm³/mol. The summed E-state index contributed by atoms with van der Waals surface area (Å²) in [5, 5.41) is 12.8. The molecule has 18 heavy (non-hydrogen) atoms. The Kier molecular flexibility index (Phi) is 3.63. The number of hydrogen-bond donors (Lipinski definition) is 2. The Morgan fingerprint density at radius 1 is 1.50 bits per heavy atom. The molecule has 2 rings (SSSR count). The van der Waals surface area contributed by atoms with Crippen molar-refractivity contribution >= 4 is 5.91 Å². The van der Waals surface area contributed by atoms with Crippen molar-refractivity contribution in [2.75, 3.05) is 20.1 Å². The number of amides is 1. The number of aliphatic hydroxyl groups is 1. The van der Waals surface area contributed by atoms with Crippen molar-refractivity contribution in [1.29, 1.82) is 0 Å². The number of β-amino-alcohol motifs (C(OH)–C–C–N with tert-alkyl or cyclic N) is 1. The van der Waals surface area contributed by atoms with Crippen LogP contribution in [0.5, 0.6) is 0 Å². The van der Waals surface area contributed by atoms with Gasteiger partial charge >= 0.3 is 0 Å². The first-order chi connectivity index (χ1) is 8.50. The number of rotatable bonds is 2. The first kappa shape index (κ1) is 13.0. The van der Waals surface area contributed by atoms with Gasteiger partial charge in [-0.1, -0.05) is 6.07 Å². The summed E-state index contributed by atoms with van der Waals surface area (Å²) < 4.78 is 13.2. The third-order valence-corrected chi connectivity index (χ3v) is 3.40. The lowest BCUT2D eigenvalue weighted by Gasteiger charge is -2.27. The highest BCUT2D eigenvalue weighted by Gasteiger charge is 2.31.